The molecule has 0 radical (unpaired) electrons. The van der Waals surface area contributed by atoms with Gasteiger partial charge in [0.1, 0.15) is 6.61 Å². The number of nitrogens with zero attached hydrogens (tertiary/aromatic N) is 1. The molecule has 20 heavy (non-hydrogen) atoms. The van der Waals surface area contributed by atoms with Crippen LogP contribution in [-0.2, 0) is 11.3 Å². The lowest BCUT2D eigenvalue weighted by Gasteiger charge is -2.37. The molecule has 1 aliphatic rings. The van der Waals surface area contributed by atoms with Crippen LogP contribution in [0.15, 0.2) is 43.0 Å². The van der Waals surface area contributed by atoms with Gasteiger partial charge in [-0.05, 0) is 24.8 Å². The molecule has 1 aliphatic heterocycles. The van der Waals surface area contributed by atoms with Crippen molar-refractivity contribution >= 4 is 6.09 Å². The number of likely N-dealkylation sites (tertiary alicyclic amines) is 1. The van der Waals surface area contributed by atoms with Crippen LogP contribution < -0.4 is 0 Å². The fraction of sp³-hybridized carbons (Fsp3) is 0.438. The molecule has 1 aromatic carbocycles. The smallest absolute Gasteiger partial charge is 0.410 e. The van der Waals surface area contributed by atoms with E-state index < -0.39 is 6.10 Å². The van der Waals surface area contributed by atoms with Crippen molar-refractivity contribution in [2.24, 2.45) is 0 Å². The zero-order chi connectivity index (χ0) is 14.4. The third-order valence-electron chi connectivity index (χ3n) is 3.59. The quantitative estimate of drug-likeness (QED) is 0.860. The van der Waals surface area contributed by atoms with Gasteiger partial charge in [0.2, 0.25) is 0 Å². The lowest BCUT2D eigenvalue weighted by atomic mass is 9.97. The third-order valence-corrected chi connectivity index (χ3v) is 3.59. The molecule has 2 atom stereocenters. The highest BCUT2D eigenvalue weighted by Crippen LogP contribution is 2.21. The molecule has 1 N–H and O–H groups in total. The number of hydrogen-bond acceptors (Lipinski definition) is 3. The maximum absolute atomic E-state index is 12.2. The molecule has 4 nitrogen and oxygen atoms in total. The summed E-state index contributed by atoms with van der Waals surface area (Å²) >= 11 is 0. The number of amides is 1. The number of hydrogen-bond donors (Lipinski definition) is 1. The highest BCUT2D eigenvalue weighted by molar-refractivity contribution is 5.68. The van der Waals surface area contributed by atoms with E-state index in [0.717, 1.165) is 18.4 Å². The monoisotopic (exact) mass is 275 g/mol. The minimum absolute atomic E-state index is 0.218. The van der Waals surface area contributed by atoms with Crippen LogP contribution in [0.4, 0.5) is 4.79 Å². The van der Waals surface area contributed by atoms with E-state index in [1.165, 1.54) is 0 Å². The van der Waals surface area contributed by atoms with Crippen molar-refractivity contribution in [1.29, 1.82) is 0 Å². The lowest BCUT2D eigenvalue weighted by Crippen LogP contribution is -2.50. The maximum atomic E-state index is 12.2. The maximum Gasteiger partial charge on any atom is 0.410 e. The van der Waals surface area contributed by atoms with E-state index in [0.29, 0.717) is 13.0 Å². The van der Waals surface area contributed by atoms with Crippen LogP contribution in [0.1, 0.15) is 24.8 Å². The van der Waals surface area contributed by atoms with Crippen molar-refractivity contribution in [1.82, 2.24) is 4.90 Å². The molecule has 108 valence electrons. The Morgan fingerprint density at radius 2 is 2.20 bits per heavy atom. The average molecular weight is 275 g/mol. The van der Waals surface area contributed by atoms with E-state index >= 15 is 0 Å². The molecule has 0 bridgehead atoms. The van der Waals surface area contributed by atoms with Crippen LogP contribution in [0.25, 0.3) is 0 Å². The SMILES string of the molecule is C=CC[C@@H]1[C@H](O)CCCN1C(=O)OCc1ccccc1. The van der Waals surface area contributed by atoms with Gasteiger partial charge in [-0.2, -0.15) is 0 Å². The number of benzene rings is 1. The molecule has 1 fully saturated rings. The Bertz CT molecular complexity index is 446. The van der Waals surface area contributed by atoms with Crippen molar-refractivity contribution in [3.05, 3.63) is 48.6 Å². The van der Waals surface area contributed by atoms with Gasteiger partial charge in [0.05, 0.1) is 12.1 Å². The number of aliphatic hydroxyl groups excluding tert-OH is 1. The molecule has 0 saturated carbocycles. The molecular weight excluding hydrogens is 254 g/mol. The van der Waals surface area contributed by atoms with Gasteiger partial charge >= 0.3 is 6.09 Å². The summed E-state index contributed by atoms with van der Waals surface area (Å²) in [5, 5.41) is 10.0. The zero-order valence-corrected chi connectivity index (χ0v) is 11.6. The van der Waals surface area contributed by atoms with Crippen LogP contribution in [0, 0.1) is 0 Å². The van der Waals surface area contributed by atoms with Gasteiger partial charge in [-0.25, -0.2) is 4.79 Å². The first-order valence-electron chi connectivity index (χ1n) is 6.98. The van der Waals surface area contributed by atoms with Gasteiger partial charge in [-0.1, -0.05) is 36.4 Å². The first-order chi connectivity index (χ1) is 9.72. The van der Waals surface area contributed by atoms with Crippen LogP contribution in [-0.4, -0.2) is 34.8 Å². The topological polar surface area (TPSA) is 49.8 Å². The summed E-state index contributed by atoms with van der Waals surface area (Å²) in [6.45, 7) is 4.57. The first-order valence-corrected chi connectivity index (χ1v) is 6.98. The van der Waals surface area contributed by atoms with E-state index in [1.54, 1.807) is 11.0 Å². The Hall–Kier alpha value is -1.81. The fourth-order valence-corrected chi connectivity index (χ4v) is 2.52. The largest absolute Gasteiger partial charge is 0.445 e. The van der Waals surface area contributed by atoms with Crippen molar-refractivity contribution in [3.8, 4) is 0 Å². The van der Waals surface area contributed by atoms with Gasteiger partial charge in [0.15, 0.2) is 0 Å². The molecular formula is C16H21NO3. The second-order valence-electron chi connectivity index (χ2n) is 5.03. The number of aliphatic hydroxyl groups is 1. The summed E-state index contributed by atoms with van der Waals surface area (Å²) in [4.78, 5) is 13.8. The molecule has 2 rings (SSSR count). The summed E-state index contributed by atoms with van der Waals surface area (Å²) in [5.41, 5.74) is 0.957. The minimum Gasteiger partial charge on any atom is -0.445 e. The lowest BCUT2D eigenvalue weighted by molar-refractivity contribution is 0.00462. The van der Waals surface area contributed by atoms with Gasteiger partial charge in [-0.15, -0.1) is 6.58 Å². The predicted octanol–water partition coefficient (Wildman–Crippen LogP) is 2.72. The molecule has 0 aliphatic carbocycles. The molecule has 0 spiro atoms. The average Bonchev–Trinajstić information content (AvgIpc) is 2.48. The highest BCUT2D eigenvalue weighted by atomic mass is 16.6. The Labute approximate surface area is 119 Å². The first kappa shape index (κ1) is 14.6. The van der Waals surface area contributed by atoms with Crippen molar-refractivity contribution in [3.63, 3.8) is 0 Å². The second-order valence-corrected chi connectivity index (χ2v) is 5.03. The fourth-order valence-electron chi connectivity index (χ4n) is 2.52. The third kappa shape index (κ3) is 3.61. The van der Waals surface area contributed by atoms with E-state index in [-0.39, 0.29) is 18.7 Å². The van der Waals surface area contributed by atoms with Gasteiger partial charge in [-0.3, -0.25) is 0 Å². The molecule has 4 heteroatoms. The van der Waals surface area contributed by atoms with Crippen molar-refractivity contribution in [2.75, 3.05) is 6.54 Å². The number of carbonyl (C=O) groups excluding carboxylic acids is 1. The van der Waals surface area contributed by atoms with Crippen molar-refractivity contribution < 1.29 is 14.6 Å². The number of ether oxygens (including phenoxy) is 1. The molecule has 1 aromatic rings. The van der Waals surface area contributed by atoms with E-state index in [1.807, 2.05) is 30.3 Å². The molecule has 0 unspecified atom stereocenters. The Morgan fingerprint density at radius 1 is 1.45 bits per heavy atom. The standard InChI is InChI=1S/C16H21NO3/c1-2-7-14-15(18)10-6-11-17(14)16(19)20-12-13-8-4-3-5-9-13/h2-5,8-9,14-15,18H,1,6-7,10-12H2/t14-,15-/m1/s1. The second kappa shape index (κ2) is 7.10. The van der Waals surface area contributed by atoms with Gasteiger partial charge in [0.25, 0.3) is 0 Å². The Morgan fingerprint density at radius 3 is 2.90 bits per heavy atom. The minimum atomic E-state index is -0.494. The van der Waals surface area contributed by atoms with Crippen LogP contribution in [0.5, 0.6) is 0 Å². The van der Waals surface area contributed by atoms with E-state index in [9.17, 15) is 9.90 Å². The molecule has 1 saturated heterocycles. The Balaban J connectivity index is 1.94. The number of carbonyl (C=O) groups is 1. The van der Waals surface area contributed by atoms with E-state index in [2.05, 4.69) is 6.58 Å². The van der Waals surface area contributed by atoms with E-state index in [4.69, 9.17) is 4.74 Å². The summed E-state index contributed by atoms with van der Waals surface area (Å²) in [7, 11) is 0. The molecule has 1 heterocycles. The van der Waals surface area contributed by atoms with Crippen LogP contribution in [0.3, 0.4) is 0 Å². The number of piperidine rings is 1. The molecule has 0 aromatic heterocycles. The van der Waals surface area contributed by atoms with Gasteiger partial charge < -0.3 is 14.7 Å². The summed E-state index contributed by atoms with van der Waals surface area (Å²) < 4.78 is 5.33. The summed E-state index contributed by atoms with van der Waals surface area (Å²) in [6.07, 6.45) is 2.99. The number of rotatable bonds is 4. The normalized spacial score (nSPS) is 22.4. The molecule has 1 amide bonds. The highest BCUT2D eigenvalue weighted by Gasteiger charge is 2.33. The van der Waals surface area contributed by atoms with Crippen LogP contribution >= 0.6 is 0 Å². The zero-order valence-electron chi connectivity index (χ0n) is 11.6. The summed E-state index contributed by atoms with van der Waals surface area (Å²) in [6, 6.07) is 9.36. The predicted molar refractivity (Wildman–Crippen MR) is 77.2 cm³/mol. The van der Waals surface area contributed by atoms with Crippen LogP contribution in [0.2, 0.25) is 0 Å². The Kier molecular flexibility index (Phi) is 5.18. The summed E-state index contributed by atoms with van der Waals surface area (Å²) in [5.74, 6) is 0. The van der Waals surface area contributed by atoms with Gasteiger partial charge in [0, 0.05) is 6.54 Å². The van der Waals surface area contributed by atoms with Crippen molar-refractivity contribution in [2.45, 2.75) is 38.0 Å².